The van der Waals surface area contributed by atoms with Crippen LogP contribution in [0, 0.1) is 0 Å². The molecule has 162 valence electrons. The van der Waals surface area contributed by atoms with Gasteiger partial charge in [0, 0.05) is 28.9 Å². The third-order valence-corrected chi connectivity index (χ3v) is 6.94. The number of H-pyrrole nitrogens is 1. The molecule has 0 bridgehead atoms. The van der Waals surface area contributed by atoms with Gasteiger partial charge < -0.3 is 15.0 Å². The molecular formula is C23H25N3O4S. The van der Waals surface area contributed by atoms with E-state index in [1.54, 1.807) is 24.3 Å². The topological polar surface area (TPSA) is 101 Å². The highest BCUT2D eigenvalue weighted by Gasteiger charge is 2.38. The first-order valence-corrected chi connectivity index (χ1v) is 11.3. The van der Waals surface area contributed by atoms with Crippen LogP contribution in [0.3, 0.4) is 0 Å². The molecule has 2 atom stereocenters. The van der Waals surface area contributed by atoms with Crippen molar-refractivity contribution in [2.24, 2.45) is 0 Å². The second kappa shape index (κ2) is 8.70. The van der Waals surface area contributed by atoms with Crippen LogP contribution in [0.2, 0.25) is 0 Å². The van der Waals surface area contributed by atoms with E-state index in [0.29, 0.717) is 39.3 Å². The Morgan fingerprint density at radius 2 is 2.00 bits per heavy atom. The van der Waals surface area contributed by atoms with E-state index in [1.165, 1.54) is 18.9 Å². The standard InChI is InChI=1S/C23H25N3O4S/c1-4-12(2)31-23-25-20-19(21(28)26-23)17(18-15(24-20)6-5-7-16(18)27)13-8-10-14(11-9-13)22(29)30-3/h8-12,17H,4-7H2,1-3H3,(H2,24,25,26,28)/t12-,17+/m1/s1. The summed E-state index contributed by atoms with van der Waals surface area (Å²) in [5.74, 6) is -0.411. The molecule has 0 fully saturated rings. The minimum absolute atomic E-state index is 0.0406. The van der Waals surface area contributed by atoms with Crippen molar-refractivity contribution >= 4 is 29.3 Å². The highest BCUT2D eigenvalue weighted by atomic mass is 32.2. The zero-order chi connectivity index (χ0) is 22.1. The van der Waals surface area contributed by atoms with Crippen molar-refractivity contribution in [3.05, 3.63) is 62.6 Å². The summed E-state index contributed by atoms with van der Waals surface area (Å²) in [5, 5.41) is 4.16. The molecule has 1 aliphatic carbocycles. The molecule has 0 saturated heterocycles. The summed E-state index contributed by atoms with van der Waals surface area (Å²) in [4.78, 5) is 45.5. The molecule has 0 amide bonds. The molecule has 0 spiro atoms. The Morgan fingerprint density at radius 1 is 1.26 bits per heavy atom. The van der Waals surface area contributed by atoms with Crippen molar-refractivity contribution in [2.75, 3.05) is 12.4 Å². The van der Waals surface area contributed by atoms with E-state index in [-0.39, 0.29) is 11.3 Å². The lowest BCUT2D eigenvalue weighted by atomic mass is 9.76. The number of carbonyl (C=O) groups excluding carboxylic acids is 2. The Hall–Kier alpha value is -2.87. The number of methoxy groups -OCH3 is 1. The van der Waals surface area contributed by atoms with Crippen molar-refractivity contribution in [1.29, 1.82) is 0 Å². The lowest BCUT2D eigenvalue weighted by Gasteiger charge is -2.32. The number of Topliss-reactive ketones (excluding diaryl/α,β-unsaturated/α-hetero) is 1. The molecule has 1 aliphatic heterocycles. The SMILES string of the molecule is CC[C@@H](C)Sc1nc2c(c(=O)[nH]1)[C@@H](c1ccc(C(=O)OC)cc1)C1=C(CCCC1=O)N2. The van der Waals surface area contributed by atoms with Crippen molar-refractivity contribution in [2.45, 2.75) is 55.9 Å². The lowest BCUT2D eigenvalue weighted by molar-refractivity contribution is -0.116. The van der Waals surface area contributed by atoms with Gasteiger partial charge >= 0.3 is 5.97 Å². The van der Waals surface area contributed by atoms with Crippen LogP contribution in [-0.4, -0.2) is 34.1 Å². The van der Waals surface area contributed by atoms with Gasteiger partial charge in [-0.25, -0.2) is 9.78 Å². The molecule has 2 aromatic rings. The summed E-state index contributed by atoms with van der Waals surface area (Å²) < 4.78 is 4.77. The fourth-order valence-corrected chi connectivity index (χ4v) is 4.88. The molecule has 31 heavy (non-hydrogen) atoms. The van der Waals surface area contributed by atoms with Crippen LogP contribution in [0.25, 0.3) is 0 Å². The number of aromatic nitrogens is 2. The molecule has 4 rings (SSSR count). The number of carbonyl (C=O) groups is 2. The third kappa shape index (κ3) is 4.04. The number of hydrogen-bond acceptors (Lipinski definition) is 7. The minimum atomic E-state index is -0.523. The van der Waals surface area contributed by atoms with Crippen molar-refractivity contribution in [3.8, 4) is 0 Å². The number of ketones is 1. The van der Waals surface area contributed by atoms with Gasteiger partial charge in [-0.05, 0) is 37.0 Å². The van der Waals surface area contributed by atoms with Gasteiger partial charge in [-0.3, -0.25) is 9.59 Å². The smallest absolute Gasteiger partial charge is 0.337 e. The number of thioether (sulfide) groups is 1. The van der Waals surface area contributed by atoms with Gasteiger partial charge in [0.1, 0.15) is 5.82 Å². The third-order valence-electron chi connectivity index (χ3n) is 5.79. The molecule has 2 heterocycles. The van der Waals surface area contributed by atoms with E-state index in [4.69, 9.17) is 4.74 Å². The number of rotatable bonds is 5. The maximum Gasteiger partial charge on any atom is 0.337 e. The molecule has 7 nitrogen and oxygen atoms in total. The molecule has 1 aromatic carbocycles. The van der Waals surface area contributed by atoms with Crippen LogP contribution in [0.5, 0.6) is 0 Å². The van der Waals surface area contributed by atoms with Gasteiger partial charge in [0.2, 0.25) is 0 Å². The number of allylic oxidation sites excluding steroid dienone is 2. The number of aromatic amines is 1. The van der Waals surface area contributed by atoms with E-state index in [1.807, 2.05) is 0 Å². The molecule has 8 heteroatoms. The number of nitrogens with one attached hydrogen (secondary N) is 2. The average molecular weight is 440 g/mol. The summed E-state index contributed by atoms with van der Waals surface area (Å²) >= 11 is 1.52. The van der Waals surface area contributed by atoms with Gasteiger partial charge in [-0.15, -0.1) is 0 Å². The predicted octanol–water partition coefficient (Wildman–Crippen LogP) is 4.01. The van der Waals surface area contributed by atoms with Gasteiger partial charge in [0.25, 0.3) is 5.56 Å². The Balaban J connectivity index is 1.84. The second-order valence-corrected chi connectivity index (χ2v) is 9.24. The first-order valence-electron chi connectivity index (χ1n) is 10.4. The van der Waals surface area contributed by atoms with Crippen LogP contribution in [0.15, 0.2) is 45.5 Å². The molecular weight excluding hydrogens is 414 g/mol. The number of fused-ring (bicyclic) bond motifs is 1. The molecule has 0 radical (unpaired) electrons. The lowest BCUT2D eigenvalue weighted by Crippen LogP contribution is -2.32. The van der Waals surface area contributed by atoms with Gasteiger partial charge in [0.05, 0.1) is 18.2 Å². The van der Waals surface area contributed by atoms with Gasteiger partial charge in [-0.1, -0.05) is 37.7 Å². The normalized spacial score (nSPS) is 18.7. The largest absolute Gasteiger partial charge is 0.465 e. The van der Waals surface area contributed by atoms with Crippen LogP contribution < -0.4 is 10.9 Å². The summed E-state index contributed by atoms with van der Waals surface area (Å²) in [6.45, 7) is 4.18. The summed E-state index contributed by atoms with van der Waals surface area (Å²) in [6, 6.07) is 6.87. The van der Waals surface area contributed by atoms with E-state index in [9.17, 15) is 14.4 Å². The van der Waals surface area contributed by atoms with E-state index >= 15 is 0 Å². The maximum atomic E-state index is 13.2. The van der Waals surface area contributed by atoms with Gasteiger partial charge in [0.15, 0.2) is 10.9 Å². The second-order valence-electron chi connectivity index (χ2n) is 7.81. The molecule has 0 saturated carbocycles. The van der Waals surface area contributed by atoms with Crippen LogP contribution >= 0.6 is 11.8 Å². The van der Waals surface area contributed by atoms with Crippen LogP contribution in [-0.2, 0) is 9.53 Å². The fraction of sp³-hybridized carbons (Fsp3) is 0.391. The molecule has 2 N–H and O–H groups in total. The monoisotopic (exact) mass is 439 g/mol. The molecule has 0 unspecified atom stereocenters. The zero-order valence-electron chi connectivity index (χ0n) is 17.8. The number of esters is 1. The molecule has 2 aliphatic rings. The minimum Gasteiger partial charge on any atom is -0.465 e. The van der Waals surface area contributed by atoms with E-state index in [0.717, 1.165) is 30.5 Å². The number of hydrogen-bond donors (Lipinski definition) is 2. The van der Waals surface area contributed by atoms with Crippen LogP contribution in [0.1, 0.15) is 66.9 Å². The number of anilines is 1. The summed E-state index contributed by atoms with van der Waals surface area (Å²) in [6.07, 6.45) is 2.92. The maximum absolute atomic E-state index is 13.2. The Kier molecular flexibility index (Phi) is 6.00. The van der Waals surface area contributed by atoms with Crippen molar-refractivity contribution in [1.82, 2.24) is 9.97 Å². The van der Waals surface area contributed by atoms with E-state index in [2.05, 4.69) is 29.1 Å². The van der Waals surface area contributed by atoms with Crippen LogP contribution in [0.4, 0.5) is 5.82 Å². The number of ether oxygens (including phenoxy) is 1. The Bertz CT molecular complexity index is 1120. The van der Waals surface area contributed by atoms with Crippen molar-refractivity contribution < 1.29 is 14.3 Å². The van der Waals surface area contributed by atoms with E-state index < -0.39 is 11.9 Å². The first-order chi connectivity index (χ1) is 14.9. The quantitative estimate of drug-likeness (QED) is 0.412. The Morgan fingerprint density at radius 3 is 2.68 bits per heavy atom. The van der Waals surface area contributed by atoms with Crippen molar-refractivity contribution in [3.63, 3.8) is 0 Å². The summed E-state index contributed by atoms with van der Waals surface area (Å²) in [7, 11) is 1.33. The molecule has 1 aromatic heterocycles. The average Bonchev–Trinajstić information content (AvgIpc) is 2.77. The highest BCUT2D eigenvalue weighted by molar-refractivity contribution is 7.99. The number of benzene rings is 1. The highest BCUT2D eigenvalue weighted by Crippen LogP contribution is 2.43. The van der Waals surface area contributed by atoms with Gasteiger partial charge in [-0.2, -0.15) is 0 Å². The Labute approximate surface area is 184 Å². The fourth-order valence-electron chi connectivity index (χ4n) is 4.03. The predicted molar refractivity (Wildman–Crippen MR) is 120 cm³/mol. The summed E-state index contributed by atoms with van der Waals surface area (Å²) in [5.41, 5.74) is 2.83. The first kappa shape index (κ1) is 21.4. The number of nitrogens with zero attached hydrogens (tertiary/aromatic N) is 1. The zero-order valence-corrected chi connectivity index (χ0v) is 18.6.